The highest BCUT2D eigenvalue weighted by Gasteiger charge is 2.34. The van der Waals surface area contributed by atoms with Crippen LogP contribution in [0, 0.1) is 0 Å². The zero-order valence-corrected chi connectivity index (χ0v) is 17.2. The molecule has 1 saturated heterocycles. The second kappa shape index (κ2) is 8.17. The number of amides is 2. The summed E-state index contributed by atoms with van der Waals surface area (Å²) < 4.78 is 0.962. The molecule has 0 N–H and O–H groups in total. The second-order valence-corrected chi connectivity index (χ2v) is 8.29. The van der Waals surface area contributed by atoms with Crippen LogP contribution in [0.2, 0.25) is 0 Å². The minimum atomic E-state index is -0.245. The third-order valence-corrected chi connectivity index (χ3v) is 5.88. The molecule has 3 nitrogen and oxygen atoms in total. The van der Waals surface area contributed by atoms with Crippen molar-refractivity contribution in [3.05, 3.63) is 99.4 Å². The summed E-state index contributed by atoms with van der Waals surface area (Å²) in [6.07, 6.45) is 1.78. The highest BCUT2D eigenvalue weighted by atomic mass is 79.9. The van der Waals surface area contributed by atoms with Gasteiger partial charge in [0.05, 0.1) is 11.4 Å². The fourth-order valence-electron chi connectivity index (χ4n) is 2.96. The molecule has 0 atom stereocenters. The van der Waals surface area contributed by atoms with E-state index >= 15 is 0 Å². The second-order valence-electron chi connectivity index (χ2n) is 6.38. The minimum absolute atomic E-state index is 0.236. The molecule has 0 aromatic heterocycles. The first-order chi connectivity index (χ1) is 13.6. The summed E-state index contributed by atoms with van der Waals surface area (Å²) in [5.41, 5.74) is 4.07. The van der Waals surface area contributed by atoms with E-state index in [1.165, 1.54) is 4.90 Å². The number of rotatable bonds is 4. The summed E-state index contributed by atoms with van der Waals surface area (Å²) in [6.45, 7) is 0.280. The van der Waals surface area contributed by atoms with Crippen molar-refractivity contribution < 1.29 is 9.59 Å². The van der Waals surface area contributed by atoms with Crippen LogP contribution in [0.1, 0.15) is 11.1 Å². The monoisotopic (exact) mass is 449 g/mol. The van der Waals surface area contributed by atoms with Crippen molar-refractivity contribution in [3.8, 4) is 11.1 Å². The van der Waals surface area contributed by atoms with Gasteiger partial charge in [-0.25, -0.2) is 0 Å². The lowest BCUT2D eigenvalue weighted by Crippen LogP contribution is -2.27. The van der Waals surface area contributed by atoms with E-state index in [2.05, 4.69) is 28.1 Å². The van der Waals surface area contributed by atoms with E-state index in [0.29, 0.717) is 4.91 Å². The molecule has 0 bridgehead atoms. The van der Waals surface area contributed by atoms with Crippen LogP contribution in [0.15, 0.2) is 88.2 Å². The van der Waals surface area contributed by atoms with Gasteiger partial charge < -0.3 is 0 Å². The Bertz CT molecular complexity index is 1040. The highest BCUT2D eigenvalue weighted by Crippen LogP contribution is 2.33. The molecule has 28 heavy (non-hydrogen) atoms. The van der Waals surface area contributed by atoms with E-state index in [1.54, 1.807) is 6.08 Å². The Hall–Kier alpha value is -2.63. The zero-order chi connectivity index (χ0) is 19.5. The number of nitrogens with zero attached hydrogens (tertiary/aromatic N) is 1. The van der Waals surface area contributed by atoms with Crippen LogP contribution in [0.5, 0.6) is 0 Å². The zero-order valence-electron chi connectivity index (χ0n) is 14.8. The van der Waals surface area contributed by atoms with Gasteiger partial charge in [-0.2, -0.15) is 0 Å². The van der Waals surface area contributed by atoms with Crippen LogP contribution in [-0.2, 0) is 11.3 Å². The van der Waals surface area contributed by atoms with Gasteiger partial charge in [0, 0.05) is 4.47 Å². The lowest BCUT2D eigenvalue weighted by atomic mass is 10.0. The van der Waals surface area contributed by atoms with Crippen LogP contribution in [0.25, 0.3) is 17.2 Å². The van der Waals surface area contributed by atoms with E-state index in [0.717, 1.165) is 38.5 Å². The summed E-state index contributed by atoms with van der Waals surface area (Å²) in [6, 6.07) is 25.7. The normalized spacial score (nSPS) is 15.5. The molecular weight excluding hydrogens is 434 g/mol. The first kappa shape index (κ1) is 18.7. The lowest BCUT2D eigenvalue weighted by molar-refractivity contribution is -0.123. The van der Waals surface area contributed by atoms with E-state index < -0.39 is 0 Å². The van der Waals surface area contributed by atoms with Crippen molar-refractivity contribution in [1.29, 1.82) is 0 Å². The van der Waals surface area contributed by atoms with Gasteiger partial charge in [-0.1, -0.05) is 82.7 Å². The third-order valence-electron chi connectivity index (χ3n) is 4.44. The summed E-state index contributed by atoms with van der Waals surface area (Å²) in [4.78, 5) is 26.7. The quantitative estimate of drug-likeness (QED) is 0.435. The SMILES string of the molecule is O=C1S/C(=C\c2ccc(-c3ccccc3)cc2)C(=O)N1Cc1ccc(Br)cc1. The number of carbonyl (C=O) groups excluding carboxylic acids is 2. The molecule has 138 valence electrons. The van der Waals surface area contributed by atoms with Gasteiger partial charge >= 0.3 is 0 Å². The maximum atomic E-state index is 12.7. The lowest BCUT2D eigenvalue weighted by Gasteiger charge is -2.12. The molecule has 0 radical (unpaired) electrons. The van der Waals surface area contributed by atoms with E-state index in [9.17, 15) is 9.59 Å². The highest BCUT2D eigenvalue weighted by molar-refractivity contribution is 9.10. The Morgan fingerprint density at radius 2 is 1.46 bits per heavy atom. The predicted octanol–water partition coefficient (Wildman–Crippen LogP) is 6.35. The van der Waals surface area contributed by atoms with Crippen molar-refractivity contribution in [2.24, 2.45) is 0 Å². The number of hydrogen-bond acceptors (Lipinski definition) is 3. The fourth-order valence-corrected chi connectivity index (χ4v) is 4.07. The molecule has 3 aromatic carbocycles. The number of hydrogen-bond donors (Lipinski definition) is 0. The Balaban J connectivity index is 1.51. The third kappa shape index (κ3) is 4.11. The summed E-state index contributed by atoms with van der Waals surface area (Å²) in [5.74, 6) is -0.245. The smallest absolute Gasteiger partial charge is 0.268 e. The number of halogens is 1. The minimum Gasteiger partial charge on any atom is -0.268 e. The Kier molecular flexibility index (Phi) is 5.46. The summed E-state index contributed by atoms with van der Waals surface area (Å²) in [5, 5.41) is -0.236. The molecule has 1 aliphatic rings. The molecule has 2 amide bonds. The van der Waals surface area contributed by atoms with E-state index in [-0.39, 0.29) is 17.7 Å². The van der Waals surface area contributed by atoms with E-state index in [1.807, 2.05) is 66.7 Å². The maximum Gasteiger partial charge on any atom is 0.293 e. The fraction of sp³-hybridized carbons (Fsp3) is 0.0435. The molecule has 1 heterocycles. The number of benzene rings is 3. The van der Waals surface area contributed by atoms with Crippen LogP contribution in [0.3, 0.4) is 0 Å². The van der Waals surface area contributed by atoms with Crippen LogP contribution >= 0.6 is 27.7 Å². The Morgan fingerprint density at radius 3 is 2.14 bits per heavy atom. The molecular formula is C23H16BrNO2S. The maximum absolute atomic E-state index is 12.7. The molecule has 5 heteroatoms. The molecule has 4 rings (SSSR count). The van der Waals surface area contributed by atoms with Crippen LogP contribution in [0.4, 0.5) is 4.79 Å². The van der Waals surface area contributed by atoms with Gasteiger partial charge in [-0.15, -0.1) is 0 Å². The van der Waals surface area contributed by atoms with Crippen molar-refractivity contribution in [1.82, 2.24) is 4.90 Å². The average molecular weight is 450 g/mol. The first-order valence-corrected chi connectivity index (χ1v) is 10.4. The molecule has 0 aliphatic carbocycles. The van der Waals surface area contributed by atoms with Gasteiger partial charge in [0.25, 0.3) is 11.1 Å². The molecule has 1 aliphatic heterocycles. The van der Waals surface area contributed by atoms with Crippen LogP contribution in [-0.4, -0.2) is 16.0 Å². The summed E-state index contributed by atoms with van der Waals surface area (Å²) >= 11 is 4.38. The first-order valence-electron chi connectivity index (χ1n) is 8.75. The molecule has 0 unspecified atom stereocenters. The number of imide groups is 1. The van der Waals surface area contributed by atoms with Crippen LogP contribution < -0.4 is 0 Å². The summed E-state index contributed by atoms with van der Waals surface area (Å²) in [7, 11) is 0. The standard InChI is InChI=1S/C23H16BrNO2S/c24-20-12-8-17(9-13-20)15-25-22(26)21(28-23(25)27)14-16-6-10-19(11-7-16)18-4-2-1-3-5-18/h1-14H,15H2/b21-14-. The topological polar surface area (TPSA) is 37.4 Å². The predicted molar refractivity (Wildman–Crippen MR) is 118 cm³/mol. The van der Waals surface area contributed by atoms with Crippen molar-refractivity contribution in [3.63, 3.8) is 0 Å². The molecule has 1 fully saturated rings. The Morgan fingerprint density at radius 1 is 0.821 bits per heavy atom. The van der Waals surface area contributed by atoms with Gasteiger partial charge in [-0.05, 0) is 52.2 Å². The van der Waals surface area contributed by atoms with Crippen molar-refractivity contribution in [2.45, 2.75) is 6.54 Å². The van der Waals surface area contributed by atoms with Crippen molar-refractivity contribution in [2.75, 3.05) is 0 Å². The van der Waals surface area contributed by atoms with Gasteiger partial charge in [0.1, 0.15) is 0 Å². The number of thioether (sulfide) groups is 1. The molecule has 3 aromatic rings. The van der Waals surface area contributed by atoms with Crippen molar-refractivity contribution >= 4 is 44.9 Å². The average Bonchev–Trinajstić information content (AvgIpc) is 2.98. The van der Waals surface area contributed by atoms with Gasteiger partial charge in [0.2, 0.25) is 0 Å². The van der Waals surface area contributed by atoms with E-state index in [4.69, 9.17) is 0 Å². The molecule has 0 saturated carbocycles. The van der Waals surface area contributed by atoms with Gasteiger partial charge in [0.15, 0.2) is 0 Å². The van der Waals surface area contributed by atoms with Gasteiger partial charge in [-0.3, -0.25) is 14.5 Å². The Labute approximate surface area is 176 Å². The molecule has 0 spiro atoms. The largest absolute Gasteiger partial charge is 0.293 e. The number of carbonyl (C=O) groups is 2.